The molecule has 1 heterocycles. The van der Waals surface area contributed by atoms with E-state index in [4.69, 9.17) is 4.74 Å². The van der Waals surface area contributed by atoms with Gasteiger partial charge in [0.15, 0.2) is 0 Å². The van der Waals surface area contributed by atoms with Gasteiger partial charge in [-0.25, -0.2) is 0 Å². The van der Waals surface area contributed by atoms with Crippen LogP contribution in [-0.2, 0) is 6.54 Å². The van der Waals surface area contributed by atoms with Gasteiger partial charge in [-0.2, -0.15) is 0 Å². The van der Waals surface area contributed by atoms with Gasteiger partial charge in [-0.05, 0) is 25.1 Å². The molecule has 0 saturated carbocycles. The van der Waals surface area contributed by atoms with E-state index >= 15 is 0 Å². The van der Waals surface area contributed by atoms with Crippen molar-refractivity contribution in [3.05, 3.63) is 28.2 Å². The van der Waals surface area contributed by atoms with Crippen LogP contribution in [-0.4, -0.2) is 37.7 Å². The molecule has 1 atom stereocenters. The van der Waals surface area contributed by atoms with Crippen LogP contribution in [0.5, 0.6) is 5.75 Å². The van der Waals surface area contributed by atoms with Crippen molar-refractivity contribution in [3.8, 4) is 5.75 Å². The molecule has 0 amide bonds. The van der Waals surface area contributed by atoms with Gasteiger partial charge in [-0.3, -0.25) is 4.90 Å². The number of nitrogens with one attached hydrogen (secondary N) is 1. The van der Waals surface area contributed by atoms with E-state index in [9.17, 15) is 0 Å². The van der Waals surface area contributed by atoms with Crippen LogP contribution < -0.4 is 10.1 Å². The van der Waals surface area contributed by atoms with E-state index in [1.54, 1.807) is 7.11 Å². The number of nitrogens with zero attached hydrogens (tertiary/aromatic N) is 1. The van der Waals surface area contributed by atoms with Gasteiger partial charge in [-0.1, -0.05) is 15.9 Å². The predicted octanol–water partition coefficient (Wildman–Crippen LogP) is 2.67. The number of hydrogen-bond donors (Lipinski definition) is 1. The first-order valence-electron chi connectivity index (χ1n) is 5.98. The molecule has 18 heavy (non-hydrogen) atoms. The highest BCUT2D eigenvalue weighted by atomic mass is 79.9. The number of benzene rings is 1. The minimum atomic E-state index is 0. The van der Waals surface area contributed by atoms with Gasteiger partial charge in [-0.15, -0.1) is 12.4 Å². The molecular formula is C13H20BrClN2O. The van der Waals surface area contributed by atoms with Crippen molar-refractivity contribution in [2.45, 2.75) is 19.5 Å². The number of ether oxygens (including phenoxy) is 1. The lowest BCUT2D eigenvalue weighted by Crippen LogP contribution is -2.49. The number of rotatable bonds is 3. The van der Waals surface area contributed by atoms with Gasteiger partial charge in [0, 0.05) is 42.3 Å². The molecule has 0 aliphatic carbocycles. The molecule has 3 nitrogen and oxygen atoms in total. The Balaban J connectivity index is 0.00000162. The molecule has 1 fully saturated rings. The fourth-order valence-electron chi connectivity index (χ4n) is 2.21. The van der Waals surface area contributed by atoms with Crippen molar-refractivity contribution < 1.29 is 4.74 Å². The van der Waals surface area contributed by atoms with E-state index in [2.05, 4.69) is 39.1 Å². The second kappa shape index (κ2) is 7.34. The monoisotopic (exact) mass is 334 g/mol. The molecule has 0 bridgehead atoms. The number of methoxy groups -OCH3 is 1. The Bertz CT molecular complexity index is 389. The summed E-state index contributed by atoms with van der Waals surface area (Å²) in [4.78, 5) is 2.49. The van der Waals surface area contributed by atoms with E-state index in [1.807, 2.05) is 12.1 Å². The molecule has 1 N–H and O–H groups in total. The highest BCUT2D eigenvalue weighted by molar-refractivity contribution is 9.10. The third-order valence-corrected chi connectivity index (χ3v) is 3.75. The minimum absolute atomic E-state index is 0. The van der Waals surface area contributed by atoms with Gasteiger partial charge < -0.3 is 10.1 Å². The molecule has 0 radical (unpaired) electrons. The van der Waals surface area contributed by atoms with E-state index in [0.29, 0.717) is 6.04 Å². The molecule has 102 valence electrons. The second-order valence-electron chi connectivity index (χ2n) is 4.48. The van der Waals surface area contributed by atoms with E-state index in [1.165, 1.54) is 5.56 Å². The largest absolute Gasteiger partial charge is 0.496 e. The molecule has 0 aromatic heterocycles. The van der Waals surface area contributed by atoms with Crippen LogP contribution >= 0.6 is 28.3 Å². The minimum Gasteiger partial charge on any atom is -0.496 e. The van der Waals surface area contributed by atoms with Gasteiger partial charge in [0.05, 0.1) is 7.11 Å². The zero-order valence-electron chi connectivity index (χ0n) is 10.8. The molecule has 1 aromatic rings. The summed E-state index contributed by atoms with van der Waals surface area (Å²) in [7, 11) is 1.73. The number of piperazine rings is 1. The topological polar surface area (TPSA) is 24.5 Å². The van der Waals surface area contributed by atoms with Crippen molar-refractivity contribution in [2.75, 3.05) is 26.7 Å². The molecule has 1 saturated heterocycles. The van der Waals surface area contributed by atoms with E-state index < -0.39 is 0 Å². The summed E-state index contributed by atoms with van der Waals surface area (Å²) in [6.45, 7) is 6.44. The first-order valence-corrected chi connectivity index (χ1v) is 6.77. The maximum atomic E-state index is 5.41. The Labute approximate surface area is 123 Å². The van der Waals surface area contributed by atoms with E-state index in [-0.39, 0.29) is 12.4 Å². The summed E-state index contributed by atoms with van der Waals surface area (Å²) in [5, 5.41) is 3.41. The lowest BCUT2D eigenvalue weighted by atomic mass is 10.1. The molecule has 1 aliphatic heterocycles. The van der Waals surface area contributed by atoms with Gasteiger partial charge >= 0.3 is 0 Å². The van der Waals surface area contributed by atoms with Gasteiger partial charge in [0.2, 0.25) is 0 Å². The molecule has 5 heteroatoms. The lowest BCUT2D eigenvalue weighted by molar-refractivity contribution is 0.164. The van der Waals surface area contributed by atoms with Gasteiger partial charge in [0.25, 0.3) is 0 Å². The molecule has 1 aliphatic rings. The third kappa shape index (κ3) is 3.85. The van der Waals surface area contributed by atoms with Crippen LogP contribution in [0.3, 0.4) is 0 Å². The first-order chi connectivity index (χ1) is 8.20. The summed E-state index contributed by atoms with van der Waals surface area (Å²) in [6.07, 6.45) is 0. The van der Waals surface area contributed by atoms with Crippen LogP contribution in [0, 0.1) is 0 Å². The van der Waals surface area contributed by atoms with Crippen molar-refractivity contribution in [3.63, 3.8) is 0 Å². The fraction of sp³-hybridized carbons (Fsp3) is 0.538. The van der Waals surface area contributed by atoms with Crippen LogP contribution in [0.25, 0.3) is 0 Å². The highest BCUT2D eigenvalue weighted by Crippen LogP contribution is 2.25. The Morgan fingerprint density at radius 3 is 2.94 bits per heavy atom. The van der Waals surface area contributed by atoms with E-state index in [0.717, 1.165) is 36.4 Å². The second-order valence-corrected chi connectivity index (χ2v) is 5.40. The average molecular weight is 336 g/mol. The van der Waals surface area contributed by atoms with Crippen LogP contribution in [0.2, 0.25) is 0 Å². The summed E-state index contributed by atoms with van der Waals surface area (Å²) < 4.78 is 6.52. The summed E-state index contributed by atoms with van der Waals surface area (Å²) in [5.41, 5.74) is 1.25. The standard InChI is InChI=1S/C13H19BrN2O.ClH/c1-10-8-15-5-6-16(10)9-11-7-12(14)3-4-13(11)17-2;/h3-4,7,10,15H,5-6,8-9H2,1-2H3;1H/t10-;/m1./s1. The van der Waals surface area contributed by atoms with Crippen molar-refractivity contribution >= 4 is 28.3 Å². The normalized spacial score (nSPS) is 20.3. The smallest absolute Gasteiger partial charge is 0.123 e. The molecular weight excluding hydrogens is 316 g/mol. The maximum absolute atomic E-state index is 5.41. The van der Waals surface area contributed by atoms with Crippen LogP contribution in [0.4, 0.5) is 0 Å². The highest BCUT2D eigenvalue weighted by Gasteiger charge is 2.19. The molecule has 0 unspecified atom stereocenters. The Morgan fingerprint density at radius 2 is 2.28 bits per heavy atom. The molecule has 0 spiro atoms. The Hall–Kier alpha value is -0.290. The zero-order chi connectivity index (χ0) is 12.3. The predicted molar refractivity (Wildman–Crippen MR) is 80.7 cm³/mol. The third-order valence-electron chi connectivity index (χ3n) is 3.25. The van der Waals surface area contributed by atoms with Crippen molar-refractivity contribution in [1.82, 2.24) is 10.2 Å². The molecule has 1 aromatic carbocycles. The Morgan fingerprint density at radius 1 is 1.50 bits per heavy atom. The molecule has 2 rings (SSSR count). The van der Waals surface area contributed by atoms with Crippen molar-refractivity contribution in [2.24, 2.45) is 0 Å². The zero-order valence-corrected chi connectivity index (χ0v) is 13.2. The van der Waals surface area contributed by atoms with Crippen LogP contribution in [0.1, 0.15) is 12.5 Å². The van der Waals surface area contributed by atoms with Gasteiger partial charge in [0.1, 0.15) is 5.75 Å². The fourth-order valence-corrected chi connectivity index (χ4v) is 2.62. The van der Waals surface area contributed by atoms with Crippen molar-refractivity contribution in [1.29, 1.82) is 0 Å². The lowest BCUT2D eigenvalue weighted by Gasteiger charge is -2.34. The average Bonchev–Trinajstić information content (AvgIpc) is 2.32. The number of hydrogen-bond acceptors (Lipinski definition) is 3. The Kier molecular flexibility index (Phi) is 6.43. The summed E-state index contributed by atoms with van der Waals surface area (Å²) in [5.74, 6) is 0.971. The first kappa shape index (κ1) is 15.8. The van der Waals surface area contributed by atoms with Crippen LogP contribution in [0.15, 0.2) is 22.7 Å². The maximum Gasteiger partial charge on any atom is 0.123 e. The summed E-state index contributed by atoms with van der Waals surface area (Å²) >= 11 is 3.52. The number of halogens is 2. The SMILES string of the molecule is COc1ccc(Br)cc1CN1CCNC[C@H]1C.Cl. The summed E-state index contributed by atoms with van der Waals surface area (Å²) in [6, 6.07) is 6.76. The quantitative estimate of drug-likeness (QED) is 0.919.